The van der Waals surface area contributed by atoms with Crippen LogP contribution in [0.4, 0.5) is 0 Å². The first-order valence-corrected chi connectivity index (χ1v) is 8.30. The van der Waals surface area contributed by atoms with E-state index in [0.29, 0.717) is 17.2 Å². The van der Waals surface area contributed by atoms with Gasteiger partial charge in [0.2, 0.25) is 0 Å². The van der Waals surface area contributed by atoms with Gasteiger partial charge in [0.15, 0.2) is 5.69 Å². The Balaban J connectivity index is 1.88. The monoisotopic (exact) mass is 336 g/mol. The average molecular weight is 336 g/mol. The minimum atomic E-state index is -0.512. The largest absolute Gasteiger partial charge is 0.461 e. The van der Waals surface area contributed by atoms with Crippen LogP contribution >= 0.6 is 0 Å². The number of aromatic nitrogens is 2. The topological polar surface area (TPSA) is 61.2 Å². The van der Waals surface area contributed by atoms with Crippen LogP contribution in [-0.2, 0) is 11.2 Å². The Morgan fingerprint density at radius 3 is 2.36 bits per heavy atom. The van der Waals surface area contributed by atoms with Gasteiger partial charge in [-0.3, -0.25) is 4.79 Å². The van der Waals surface area contributed by atoms with Crippen molar-refractivity contribution in [1.29, 1.82) is 0 Å². The van der Waals surface area contributed by atoms with Crippen LogP contribution in [0.25, 0.3) is 10.8 Å². The lowest BCUT2D eigenvalue weighted by atomic mass is 10.1. The normalized spacial score (nSPS) is 11.0. The summed E-state index contributed by atoms with van der Waals surface area (Å²) in [5.74, 6) is -0.512. The molecular formula is C20H20N2O3. The van der Waals surface area contributed by atoms with Gasteiger partial charge in [0.05, 0.1) is 18.0 Å². The molecule has 0 atom stereocenters. The van der Waals surface area contributed by atoms with Gasteiger partial charge in [-0.15, -0.1) is 0 Å². The summed E-state index contributed by atoms with van der Waals surface area (Å²) in [6, 6.07) is 16.7. The van der Waals surface area contributed by atoms with E-state index in [9.17, 15) is 9.59 Å². The van der Waals surface area contributed by atoms with E-state index in [-0.39, 0.29) is 23.9 Å². The third kappa shape index (κ3) is 3.60. The predicted molar refractivity (Wildman–Crippen MR) is 96.8 cm³/mol. The quantitative estimate of drug-likeness (QED) is 0.670. The van der Waals surface area contributed by atoms with E-state index < -0.39 is 5.97 Å². The summed E-state index contributed by atoms with van der Waals surface area (Å²) in [5.41, 5.74) is 1.07. The van der Waals surface area contributed by atoms with E-state index in [4.69, 9.17) is 4.74 Å². The molecule has 1 heterocycles. The fourth-order valence-corrected chi connectivity index (χ4v) is 2.68. The molecule has 0 aliphatic carbocycles. The third-order valence-corrected chi connectivity index (χ3v) is 3.98. The van der Waals surface area contributed by atoms with Crippen LogP contribution in [-0.4, -0.2) is 22.4 Å². The number of ether oxygens (including phenoxy) is 1. The van der Waals surface area contributed by atoms with Crippen molar-refractivity contribution in [2.24, 2.45) is 0 Å². The van der Waals surface area contributed by atoms with Gasteiger partial charge in [-0.1, -0.05) is 48.5 Å². The minimum Gasteiger partial charge on any atom is -0.461 e. The lowest BCUT2D eigenvalue weighted by Crippen LogP contribution is -2.28. The molecule has 0 aliphatic rings. The molecule has 0 aliphatic heterocycles. The van der Waals surface area contributed by atoms with Crippen LogP contribution in [0.2, 0.25) is 0 Å². The number of esters is 1. The number of benzene rings is 2. The molecule has 0 fully saturated rings. The summed E-state index contributed by atoms with van der Waals surface area (Å²) in [4.78, 5) is 25.0. The van der Waals surface area contributed by atoms with E-state index in [0.717, 1.165) is 5.56 Å². The molecule has 0 spiro atoms. The lowest BCUT2D eigenvalue weighted by molar-refractivity contribution is 0.0501. The summed E-state index contributed by atoms with van der Waals surface area (Å²) >= 11 is 0. The summed E-state index contributed by atoms with van der Waals surface area (Å²) in [6.45, 7) is 3.97. The second-order valence-corrected chi connectivity index (χ2v) is 6.11. The Kier molecular flexibility index (Phi) is 4.93. The highest BCUT2D eigenvalue weighted by atomic mass is 16.5. The minimum absolute atomic E-state index is 0.145. The van der Waals surface area contributed by atoms with Crippen molar-refractivity contribution in [3.8, 4) is 0 Å². The second-order valence-electron chi connectivity index (χ2n) is 6.11. The Labute approximate surface area is 145 Å². The molecule has 5 heteroatoms. The Morgan fingerprint density at radius 2 is 1.68 bits per heavy atom. The SMILES string of the molecule is CC(C)n1nc(C(=O)OCCc2ccccc2)c2ccccc2c1=O. The molecule has 0 N–H and O–H groups in total. The molecular weight excluding hydrogens is 316 g/mol. The first-order valence-electron chi connectivity index (χ1n) is 8.30. The van der Waals surface area contributed by atoms with Crippen molar-refractivity contribution in [2.75, 3.05) is 6.61 Å². The zero-order valence-electron chi connectivity index (χ0n) is 14.3. The van der Waals surface area contributed by atoms with E-state index in [1.165, 1.54) is 4.68 Å². The number of carbonyl (C=O) groups is 1. The highest BCUT2D eigenvalue weighted by molar-refractivity contribution is 6.02. The van der Waals surface area contributed by atoms with Crippen LogP contribution in [0.15, 0.2) is 59.4 Å². The zero-order chi connectivity index (χ0) is 17.8. The molecule has 0 saturated carbocycles. The summed E-state index contributed by atoms with van der Waals surface area (Å²) in [6.07, 6.45) is 0.633. The van der Waals surface area contributed by atoms with Crippen molar-refractivity contribution in [3.05, 3.63) is 76.2 Å². The molecule has 25 heavy (non-hydrogen) atoms. The summed E-state index contributed by atoms with van der Waals surface area (Å²) < 4.78 is 6.73. The Hall–Kier alpha value is -2.95. The van der Waals surface area contributed by atoms with Crippen LogP contribution in [0, 0.1) is 0 Å². The maximum absolute atomic E-state index is 12.5. The van der Waals surface area contributed by atoms with Crippen LogP contribution in [0.5, 0.6) is 0 Å². The van der Waals surface area contributed by atoms with Gasteiger partial charge in [-0.2, -0.15) is 5.10 Å². The molecule has 5 nitrogen and oxygen atoms in total. The van der Waals surface area contributed by atoms with Gasteiger partial charge < -0.3 is 4.74 Å². The van der Waals surface area contributed by atoms with Gasteiger partial charge in [0, 0.05) is 11.8 Å². The standard InChI is InChI=1S/C20H20N2O3/c1-14(2)22-19(23)17-11-7-6-10-16(17)18(21-22)20(24)25-13-12-15-8-4-3-5-9-15/h3-11,14H,12-13H2,1-2H3. The van der Waals surface area contributed by atoms with E-state index in [1.54, 1.807) is 24.3 Å². The number of fused-ring (bicyclic) bond motifs is 1. The number of hydrogen-bond donors (Lipinski definition) is 0. The zero-order valence-corrected chi connectivity index (χ0v) is 14.3. The van der Waals surface area contributed by atoms with E-state index >= 15 is 0 Å². The first-order chi connectivity index (χ1) is 12.1. The maximum Gasteiger partial charge on any atom is 0.359 e. The fraction of sp³-hybridized carbons (Fsp3) is 0.250. The predicted octanol–water partition coefficient (Wildman–Crippen LogP) is 3.38. The van der Waals surface area contributed by atoms with Crippen molar-refractivity contribution in [2.45, 2.75) is 26.3 Å². The molecule has 0 radical (unpaired) electrons. The maximum atomic E-state index is 12.5. The van der Waals surface area contributed by atoms with Gasteiger partial charge in [-0.25, -0.2) is 9.48 Å². The number of nitrogens with zero attached hydrogens (tertiary/aromatic N) is 2. The lowest BCUT2D eigenvalue weighted by Gasteiger charge is -2.13. The highest BCUT2D eigenvalue weighted by Gasteiger charge is 2.18. The van der Waals surface area contributed by atoms with Crippen molar-refractivity contribution in [3.63, 3.8) is 0 Å². The second kappa shape index (κ2) is 7.30. The first kappa shape index (κ1) is 16.9. The van der Waals surface area contributed by atoms with Gasteiger partial charge >= 0.3 is 5.97 Å². The molecule has 0 amide bonds. The molecule has 2 aromatic carbocycles. The molecule has 3 rings (SSSR count). The molecule has 3 aromatic rings. The third-order valence-electron chi connectivity index (χ3n) is 3.98. The van der Waals surface area contributed by atoms with Gasteiger partial charge in [0.1, 0.15) is 0 Å². The van der Waals surface area contributed by atoms with Crippen LogP contribution < -0.4 is 5.56 Å². The van der Waals surface area contributed by atoms with E-state index in [2.05, 4.69) is 5.10 Å². The van der Waals surface area contributed by atoms with Crippen molar-refractivity contribution < 1.29 is 9.53 Å². The summed E-state index contributed by atoms with van der Waals surface area (Å²) in [7, 11) is 0. The number of hydrogen-bond acceptors (Lipinski definition) is 4. The molecule has 128 valence electrons. The van der Waals surface area contributed by atoms with Gasteiger partial charge in [0.25, 0.3) is 5.56 Å². The molecule has 0 saturated heterocycles. The number of rotatable bonds is 5. The van der Waals surface area contributed by atoms with Crippen LogP contribution in [0.3, 0.4) is 0 Å². The summed E-state index contributed by atoms with van der Waals surface area (Å²) in [5, 5.41) is 5.25. The molecule has 0 bridgehead atoms. The Morgan fingerprint density at radius 1 is 1.04 bits per heavy atom. The van der Waals surface area contributed by atoms with Crippen LogP contribution in [0.1, 0.15) is 35.9 Å². The highest BCUT2D eigenvalue weighted by Crippen LogP contribution is 2.16. The van der Waals surface area contributed by atoms with E-state index in [1.807, 2.05) is 44.2 Å². The molecule has 1 aromatic heterocycles. The van der Waals surface area contributed by atoms with Crippen molar-refractivity contribution in [1.82, 2.24) is 9.78 Å². The fourth-order valence-electron chi connectivity index (χ4n) is 2.68. The van der Waals surface area contributed by atoms with Gasteiger partial charge in [-0.05, 0) is 25.5 Å². The smallest absolute Gasteiger partial charge is 0.359 e. The average Bonchev–Trinajstić information content (AvgIpc) is 2.62. The Bertz CT molecular complexity index is 946. The molecule has 0 unspecified atom stereocenters. The number of carbonyl (C=O) groups excluding carboxylic acids is 1. The van der Waals surface area contributed by atoms with Crippen molar-refractivity contribution >= 4 is 16.7 Å².